The number of halogens is 1. The van der Waals surface area contributed by atoms with E-state index in [1.807, 2.05) is 5.38 Å². The number of nitrogens with one attached hydrogen (secondary N) is 1. The zero-order chi connectivity index (χ0) is 14.4. The number of carbonyl (C=O) groups is 1. The summed E-state index contributed by atoms with van der Waals surface area (Å²) in [5.74, 6) is -0.0820. The number of thiazole rings is 1. The van der Waals surface area contributed by atoms with Crippen molar-refractivity contribution in [1.82, 2.24) is 4.98 Å². The van der Waals surface area contributed by atoms with E-state index in [0.29, 0.717) is 11.7 Å². The molecule has 0 spiro atoms. The fourth-order valence-electron chi connectivity index (χ4n) is 1.94. The Hall–Kier alpha value is -1.43. The van der Waals surface area contributed by atoms with Crippen molar-refractivity contribution < 1.29 is 4.79 Å². The number of hydrogen-bond donors (Lipinski definition) is 2. The summed E-state index contributed by atoms with van der Waals surface area (Å²) in [4.78, 5) is 15.3. The molecule has 0 bridgehead atoms. The zero-order valence-corrected chi connectivity index (χ0v) is 13.6. The van der Waals surface area contributed by atoms with Gasteiger partial charge in [0.2, 0.25) is 5.91 Å². The summed E-state index contributed by atoms with van der Waals surface area (Å²) >= 11 is 1.47. The third kappa shape index (κ3) is 5.83. The van der Waals surface area contributed by atoms with Gasteiger partial charge in [-0.25, -0.2) is 4.98 Å². The van der Waals surface area contributed by atoms with Crippen molar-refractivity contribution in [1.29, 1.82) is 0 Å². The number of rotatable bonds is 6. The van der Waals surface area contributed by atoms with Gasteiger partial charge < -0.3 is 11.1 Å². The van der Waals surface area contributed by atoms with Crippen molar-refractivity contribution >= 4 is 34.8 Å². The lowest BCUT2D eigenvalue weighted by atomic mass is 10.1. The Morgan fingerprint density at radius 2 is 1.81 bits per heavy atom. The van der Waals surface area contributed by atoms with Gasteiger partial charge in [0.05, 0.1) is 5.69 Å². The first-order valence-corrected chi connectivity index (χ1v) is 7.55. The first kappa shape index (κ1) is 17.6. The van der Waals surface area contributed by atoms with E-state index >= 15 is 0 Å². The van der Waals surface area contributed by atoms with E-state index < -0.39 is 0 Å². The van der Waals surface area contributed by atoms with Gasteiger partial charge in [-0.1, -0.05) is 24.3 Å². The van der Waals surface area contributed by atoms with E-state index in [4.69, 9.17) is 5.73 Å². The Morgan fingerprint density at radius 3 is 2.38 bits per heavy atom. The van der Waals surface area contributed by atoms with Crippen LogP contribution in [-0.2, 0) is 24.1 Å². The topological polar surface area (TPSA) is 68.0 Å². The molecular formula is C15H20ClN3OS. The molecule has 0 atom stereocenters. The highest BCUT2D eigenvalue weighted by molar-refractivity contribution is 7.13. The van der Waals surface area contributed by atoms with Crippen molar-refractivity contribution in [3.05, 3.63) is 46.5 Å². The standard InChI is InChI=1S/C15H19N3OS.ClH/c1-11(19)17-15-18-14(10-20-15)7-6-12-2-4-13(5-3-12)8-9-16;/h2-5,10H,6-9,16H2,1H3,(H,17,18,19);1H. The van der Waals surface area contributed by atoms with Gasteiger partial charge in [0.15, 0.2) is 5.13 Å². The zero-order valence-electron chi connectivity index (χ0n) is 12.0. The molecule has 6 heteroatoms. The minimum atomic E-state index is -0.0820. The summed E-state index contributed by atoms with van der Waals surface area (Å²) in [7, 11) is 0. The van der Waals surface area contributed by atoms with Crippen LogP contribution in [0.25, 0.3) is 0 Å². The largest absolute Gasteiger partial charge is 0.330 e. The Bertz CT molecular complexity index is 569. The number of amides is 1. The molecule has 0 saturated heterocycles. The third-order valence-corrected chi connectivity index (χ3v) is 3.77. The van der Waals surface area contributed by atoms with Crippen LogP contribution >= 0.6 is 23.7 Å². The summed E-state index contributed by atoms with van der Waals surface area (Å²) in [6, 6.07) is 8.55. The van der Waals surface area contributed by atoms with Crippen LogP contribution in [0, 0.1) is 0 Å². The lowest BCUT2D eigenvalue weighted by molar-refractivity contribution is -0.114. The van der Waals surface area contributed by atoms with Crippen LogP contribution in [0.4, 0.5) is 5.13 Å². The second kappa shape index (κ2) is 8.77. The molecule has 0 radical (unpaired) electrons. The predicted octanol–water partition coefficient (Wildman–Crippen LogP) is 2.81. The molecule has 0 fully saturated rings. The molecule has 3 N–H and O–H groups in total. The third-order valence-electron chi connectivity index (χ3n) is 2.96. The number of carbonyl (C=O) groups excluding carboxylic acids is 1. The molecule has 2 aromatic rings. The van der Waals surface area contributed by atoms with Crippen LogP contribution < -0.4 is 11.1 Å². The highest BCUT2D eigenvalue weighted by Crippen LogP contribution is 2.17. The summed E-state index contributed by atoms with van der Waals surface area (Å²) in [5.41, 5.74) is 9.12. The SMILES string of the molecule is CC(=O)Nc1nc(CCc2ccc(CCN)cc2)cs1.Cl. The first-order chi connectivity index (χ1) is 9.67. The number of hydrogen-bond acceptors (Lipinski definition) is 4. The van der Waals surface area contributed by atoms with Gasteiger partial charge in [0, 0.05) is 12.3 Å². The second-order valence-corrected chi connectivity index (χ2v) is 5.54. The number of aryl methyl sites for hydroxylation is 2. The summed E-state index contributed by atoms with van der Waals surface area (Å²) in [6.45, 7) is 2.17. The average Bonchev–Trinajstić information content (AvgIpc) is 2.85. The van der Waals surface area contributed by atoms with E-state index in [1.54, 1.807) is 0 Å². The number of nitrogens with two attached hydrogens (primary N) is 1. The Kier molecular flexibility index (Phi) is 7.36. The van der Waals surface area contributed by atoms with Crippen molar-refractivity contribution in [2.24, 2.45) is 5.73 Å². The van der Waals surface area contributed by atoms with Crippen LogP contribution in [-0.4, -0.2) is 17.4 Å². The fraction of sp³-hybridized carbons (Fsp3) is 0.333. The van der Waals surface area contributed by atoms with Crippen LogP contribution in [0.2, 0.25) is 0 Å². The molecule has 0 aliphatic rings. The maximum atomic E-state index is 10.9. The maximum Gasteiger partial charge on any atom is 0.223 e. The average molecular weight is 326 g/mol. The van der Waals surface area contributed by atoms with E-state index in [-0.39, 0.29) is 18.3 Å². The number of anilines is 1. The quantitative estimate of drug-likeness (QED) is 0.858. The van der Waals surface area contributed by atoms with Crippen LogP contribution in [0.3, 0.4) is 0 Å². The lowest BCUT2D eigenvalue weighted by Crippen LogP contribution is -2.05. The van der Waals surface area contributed by atoms with Crippen LogP contribution in [0.15, 0.2) is 29.6 Å². The molecule has 1 aromatic carbocycles. The first-order valence-electron chi connectivity index (χ1n) is 6.67. The molecule has 0 saturated carbocycles. The van der Waals surface area contributed by atoms with Crippen LogP contribution in [0.1, 0.15) is 23.7 Å². The molecule has 1 amide bonds. The molecule has 1 heterocycles. The molecule has 0 unspecified atom stereocenters. The Morgan fingerprint density at radius 1 is 1.19 bits per heavy atom. The fourth-order valence-corrected chi connectivity index (χ4v) is 2.73. The predicted molar refractivity (Wildman–Crippen MR) is 90.3 cm³/mol. The van der Waals surface area contributed by atoms with Crippen LogP contribution in [0.5, 0.6) is 0 Å². The van der Waals surface area contributed by atoms with E-state index in [9.17, 15) is 4.79 Å². The Labute approximate surface area is 135 Å². The number of aromatic nitrogens is 1. The summed E-state index contributed by atoms with van der Waals surface area (Å²) in [5, 5.41) is 5.37. The van der Waals surface area contributed by atoms with Gasteiger partial charge in [0.1, 0.15) is 0 Å². The highest BCUT2D eigenvalue weighted by Gasteiger charge is 2.04. The number of nitrogens with zero attached hydrogens (tertiary/aromatic N) is 1. The van der Waals surface area contributed by atoms with Gasteiger partial charge in [-0.15, -0.1) is 23.7 Å². The van der Waals surface area contributed by atoms with Crippen molar-refractivity contribution in [3.8, 4) is 0 Å². The van der Waals surface area contributed by atoms with Gasteiger partial charge in [-0.2, -0.15) is 0 Å². The summed E-state index contributed by atoms with van der Waals surface area (Å²) < 4.78 is 0. The van der Waals surface area contributed by atoms with E-state index in [2.05, 4.69) is 34.6 Å². The van der Waals surface area contributed by atoms with E-state index in [1.165, 1.54) is 29.4 Å². The van der Waals surface area contributed by atoms with Gasteiger partial charge in [-0.05, 0) is 36.9 Å². The normalized spacial score (nSPS) is 10.0. The molecule has 4 nitrogen and oxygen atoms in total. The molecule has 1 aromatic heterocycles. The van der Waals surface area contributed by atoms with E-state index in [0.717, 1.165) is 25.0 Å². The Balaban J connectivity index is 0.00000220. The van der Waals surface area contributed by atoms with Gasteiger partial charge >= 0.3 is 0 Å². The van der Waals surface area contributed by atoms with Gasteiger partial charge in [-0.3, -0.25) is 4.79 Å². The molecule has 0 aliphatic carbocycles. The maximum absolute atomic E-state index is 10.9. The second-order valence-electron chi connectivity index (χ2n) is 4.68. The summed E-state index contributed by atoms with van der Waals surface area (Å²) in [6.07, 6.45) is 2.75. The van der Waals surface area contributed by atoms with Crippen molar-refractivity contribution in [3.63, 3.8) is 0 Å². The molecule has 2 rings (SSSR count). The smallest absolute Gasteiger partial charge is 0.223 e. The minimum absolute atomic E-state index is 0. The highest BCUT2D eigenvalue weighted by atomic mass is 35.5. The number of benzene rings is 1. The lowest BCUT2D eigenvalue weighted by Gasteiger charge is -2.02. The molecule has 114 valence electrons. The van der Waals surface area contributed by atoms with Crippen molar-refractivity contribution in [2.75, 3.05) is 11.9 Å². The minimum Gasteiger partial charge on any atom is -0.330 e. The van der Waals surface area contributed by atoms with Crippen molar-refractivity contribution in [2.45, 2.75) is 26.2 Å². The molecular weight excluding hydrogens is 306 g/mol. The molecule has 21 heavy (non-hydrogen) atoms. The van der Waals surface area contributed by atoms with Gasteiger partial charge in [0.25, 0.3) is 0 Å². The molecule has 0 aliphatic heterocycles. The monoisotopic (exact) mass is 325 g/mol.